The Morgan fingerprint density at radius 3 is 2.57 bits per heavy atom. The highest BCUT2D eigenvalue weighted by Gasteiger charge is 2.30. The Balaban J connectivity index is 1.61. The first-order valence-electron chi connectivity index (χ1n) is 8.27. The lowest BCUT2D eigenvalue weighted by Gasteiger charge is -2.35. The van der Waals surface area contributed by atoms with Crippen molar-refractivity contribution < 1.29 is 9.90 Å². The largest absolute Gasteiger partial charge is 0.396 e. The van der Waals surface area contributed by atoms with Gasteiger partial charge in [-0.1, -0.05) is 42.3 Å². The number of aliphatic hydroxyl groups excluding tert-OH is 1. The molecule has 0 bridgehead atoms. The number of nitrogens with one attached hydrogen (secondary N) is 2. The highest BCUT2D eigenvalue weighted by atomic mass is 35.5. The van der Waals surface area contributed by atoms with Gasteiger partial charge in [0.2, 0.25) is 0 Å². The minimum absolute atomic E-state index is 0.000548. The van der Waals surface area contributed by atoms with Crippen molar-refractivity contribution in [1.82, 2.24) is 10.6 Å². The van der Waals surface area contributed by atoms with Crippen LogP contribution in [0.15, 0.2) is 36.4 Å². The number of urea groups is 1. The van der Waals surface area contributed by atoms with Gasteiger partial charge in [0, 0.05) is 23.6 Å². The zero-order valence-electron chi connectivity index (χ0n) is 13.0. The summed E-state index contributed by atoms with van der Waals surface area (Å²) in [5.41, 5.74) is 1.10. The number of carbonyl (C=O) groups is 1. The molecule has 0 spiro atoms. The average Bonchev–Trinajstić information content (AvgIpc) is 2.93. The van der Waals surface area contributed by atoms with E-state index in [1.54, 1.807) is 0 Å². The van der Waals surface area contributed by atoms with E-state index in [1.807, 2.05) is 36.4 Å². The Labute approximate surface area is 141 Å². The van der Waals surface area contributed by atoms with Gasteiger partial charge in [0.05, 0.1) is 6.04 Å². The van der Waals surface area contributed by atoms with Crippen LogP contribution >= 0.6 is 11.6 Å². The van der Waals surface area contributed by atoms with Gasteiger partial charge in [0.15, 0.2) is 0 Å². The molecule has 2 aliphatic rings. The summed E-state index contributed by atoms with van der Waals surface area (Å²) >= 11 is 5.96. The van der Waals surface area contributed by atoms with E-state index in [9.17, 15) is 4.79 Å². The molecule has 124 valence electrons. The summed E-state index contributed by atoms with van der Waals surface area (Å²) < 4.78 is 0. The van der Waals surface area contributed by atoms with Crippen molar-refractivity contribution in [3.8, 4) is 0 Å². The molecular formula is C18H23ClN2O2. The van der Waals surface area contributed by atoms with Crippen LogP contribution in [-0.4, -0.2) is 23.8 Å². The molecular weight excluding hydrogens is 312 g/mol. The lowest BCUT2D eigenvalue weighted by Crippen LogP contribution is -2.45. The minimum Gasteiger partial charge on any atom is -0.396 e. The van der Waals surface area contributed by atoms with Gasteiger partial charge in [0.1, 0.15) is 0 Å². The molecule has 1 fully saturated rings. The predicted octanol–water partition coefficient (Wildman–Crippen LogP) is 3.42. The van der Waals surface area contributed by atoms with Crippen LogP contribution in [0.3, 0.4) is 0 Å². The summed E-state index contributed by atoms with van der Waals surface area (Å²) in [7, 11) is 0. The molecule has 0 saturated heterocycles. The summed E-state index contributed by atoms with van der Waals surface area (Å²) in [6.45, 7) is 0.131. The maximum Gasteiger partial charge on any atom is 0.315 e. The SMILES string of the molecule is O=C(N[C@@H]1C=C[C@H](CO)C1)N[C@@H](c1ccc(Cl)cc1)C1CCC1. The zero-order valence-corrected chi connectivity index (χ0v) is 13.8. The monoisotopic (exact) mass is 334 g/mol. The lowest BCUT2D eigenvalue weighted by atomic mass is 9.77. The Hall–Kier alpha value is -1.52. The third kappa shape index (κ3) is 4.06. The van der Waals surface area contributed by atoms with Crippen LogP contribution in [0.4, 0.5) is 4.79 Å². The van der Waals surface area contributed by atoms with Gasteiger partial charge in [-0.25, -0.2) is 4.79 Å². The molecule has 2 amide bonds. The van der Waals surface area contributed by atoms with Crippen molar-refractivity contribution in [2.45, 2.75) is 37.8 Å². The van der Waals surface area contributed by atoms with Crippen LogP contribution in [0.1, 0.15) is 37.3 Å². The van der Waals surface area contributed by atoms with E-state index in [1.165, 1.54) is 6.42 Å². The van der Waals surface area contributed by atoms with E-state index in [0.717, 1.165) is 24.8 Å². The number of benzene rings is 1. The van der Waals surface area contributed by atoms with Crippen LogP contribution < -0.4 is 10.6 Å². The molecule has 1 saturated carbocycles. The predicted molar refractivity (Wildman–Crippen MR) is 91.3 cm³/mol. The quantitative estimate of drug-likeness (QED) is 0.722. The summed E-state index contributed by atoms with van der Waals surface area (Å²) in [6, 6.07) is 7.59. The number of amides is 2. The molecule has 0 aliphatic heterocycles. The van der Waals surface area contributed by atoms with Gasteiger partial charge in [-0.3, -0.25) is 0 Å². The van der Waals surface area contributed by atoms with Gasteiger partial charge in [-0.2, -0.15) is 0 Å². The molecule has 3 N–H and O–H groups in total. The first-order chi connectivity index (χ1) is 11.2. The number of hydrogen-bond donors (Lipinski definition) is 3. The van der Waals surface area contributed by atoms with Crippen molar-refractivity contribution in [1.29, 1.82) is 0 Å². The lowest BCUT2D eigenvalue weighted by molar-refractivity contribution is 0.204. The Morgan fingerprint density at radius 1 is 1.26 bits per heavy atom. The number of aliphatic hydroxyl groups is 1. The number of hydrogen-bond acceptors (Lipinski definition) is 2. The summed E-state index contributed by atoms with van der Waals surface area (Å²) in [5, 5.41) is 16.0. The molecule has 1 aromatic carbocycles. The van der Waals surface area contributed by atoms with Crippen molar-refractivity contribution in [3.05, 3.63) is 47.0 Å². The molecule has 0 heterocycles. The second kappa shape index (κ2) is 7.37. The zero-order chi connectivity index (χ0) is 16.2. The van der Waals surface area contributed by atoms with Gasteiger partial charge < -0.3 is 15.7 Å². The molecule has 0 radical (unpaired) electrons. The summed E-state index contributed by atoms with van der Waals surface area (Å²) in [6.07, 6.45) is 8.20. The van der Waals surface area contributed by atoms with Crippen LogP contribution in [0.25, 0.3) is 0 Å². The molecule has 23 heavy (non-hydrogen) atoms. The normalized spacial score (nSPS) is 25.0. The Morgan fingerprint density at radius 2 is 2.00 bits per heavy atom. The second-order valence-electron chi connectivity index (χ2n) is 6.51. The molecule has 0 aromatic heterocycles. The standard InChI is InChI=1S/C18H23ClN2O2/c19-15-7-5-14(6-8-15)17(13-2-1-3-13)21-18(23)20-16-9-4-12(10-16)11-22/h4-9,12-13,16-17,22H,1-3,10-11H2,(H2,20,21,23)/t12-,16+,17+/m0/s1. The van der Waals surface area contributed by atoms with E-state index in [2.05, 4.69) is 10.6 Å². The Kier molecular flexibility index (Phi) is 5.23. The fourth-order valence-electron chi connectivity index (χ4n) is 3.28. The van der Waals surface area contributed by atoms with Crippen LogP contribution in [0.5, 0.6) is 0 Å². The highest BCUT2D eigenvalue weighted by molar-refractivity contribution is 6.30. The van der Waals surface area contributed by atoms with Gasteiger partial charge in [-0.15, -0.1) is 0 Å². The third-order valence-corrected chi connectivity index (χ3v) is 5.11. The van der Waals surface area contributed by atoms with Gasteiger partial charge in [-0.05, 0) is 42.9 Å². The maximum absolute atomic E-state index is 12.3. The molecule has 3 atom stereocenters. The highest BCUT2D eigenvalue weighted by Crippen LogP contribution is 2.38. The number of halogens is 1. The van der Waals surface area contributed by atoms with Gasteiger partial charge in [0.25, 0.3) is 0 Å². The minimum atomic E-state index is -0.148. The first-order valence-corrected chi connectivity index (χ1v) is 8.65. The second-order valence-corrected chi connectivity index (χ2v) is 6.94. The molecule has 0 unspecified atom stereocenters. The average molecular weight is 335 g/mol. The van der Waals surface area contributed by atoms with Crippen molar-refractivity contribution in [2.75, 3.05) is 6.61 Å². The fraction of sp³-hybridized carbons (Fsp3) is 0.500. The van der Waals surface area contributed by atoms with Crippen LogP contribution in [0.2, 0.25) is 5.02 Å². The van der Waals surface area contributed by atoms with E-state index in [0.29, 0.717) is 10.9 Å². The van der Waals surface area contributed by atoms with Crippen molar-refractivity contribution in [2.24, 2.45) is 11.8 Å². The molecule has 1 aromatic rings. The van der Waals surface area contributed by atoms with E-state index in [4.69, 9.17) is 16.7 Å². The maximum atomic E-state index is 12.3. The number of carbonyl (C=O) groups excluding carboxylic acids is 1. The smallest absolute Gasteiger partial charge is 0.315 e. The molecule has 4 nitrogen and oxygen atoms in total. The van der Waals surface area contributed by atoms with Crippen LogP contribution in [0, 0.1) is 11.8 Å². The summed E-state index contributed by atoms with van der Waals surface area (Å²) in [5.74, 6) is 0.644. The number of rotatable bonds is 5. The third-order valence-electron chi connectivity index (χ3n) is 4.86. The van der Waals surface area contributed by atoms with E-state index < -0.39 is 0 Å². The summed E-state index contributed by atoms with van der Waals surface area (Å²) in [4.78, 5) is 12.3. The molecule has 5 heteroatoms. The van der Waals surface area contributed by atoms with Crippen molar-refractivity contribution in [3.63, 3.8) is 0 Å². The molecule has 3 rings (SSSR count). The topological polar surface area (TPSA) is 61.4 Å². The van der Waals surface area contributed by atoms with Crippen LogP contribution in [-0.2, 0) is 0 Å². The first kappa shape index (κ1) is 16.3. The van der Waals surface area contributed by atoms with E-state index in [-0.39, 0.29) is 30.6 Å². The van der Waals surface area contributed by atoms with E-state index >= 15 is 0 Å². The Bertz CT molecular complexity index is 569. The fourth-order valence-corrected chi connectivity index (χ4v) is 3.41. The van der Waals surface area contributed by atoms with Crippen molar-refractivity contribution >= 4 is 17.6 Å². The molecule has 2 aliphatic carbocycles. The van der Waals surface area contributed by atoms with Gasteiger partial charge >= 0.3 is 6.03 Å².